The van der Waals surface area contributed by atoms with Crippen molar-refractivity contribution in [2.45, 2.75) is 41.0 Å². The van der Waals surface area contributed by atoms with Crippen LogP contribution in [-0.2, 0) is 4.74 Å². The van der Waals surface area contributed by atoms with E-state index in [2.05, 4.69) is 34.6 Å². The average Bonchev–Trinajstić information content (AvgIpc) is 1.85. The van der Waals surface area contributed by atoms with Gasteiger partial charge in [-0.1, -0.05) is 27.7 Å². The van der Waals surface area contributed by atoms with Gasteiger partial charge in [0, 0.05) is 0 Å². The van der Waals surface area contributed by atoms with Gasteiger partial charge in [0.25, 0.3) is 0 Å². The van der Waals surface area contributed by atoms with Crippen molar-refractivity contribution in [1.29, 1.82) is 0 Å². The zero-order chi connectivity index (χ0) is 8.91. The van der Waals surface area contributed by atoms with Gasteiger partial charge in [-0.05, 0) is 24.3 Å². The summed E-state index contributed by atoms with van der Waals surface area (Å²) in [6.45, 7) is 11.5. The molecule has 0 aliphatic carbocycles. The molecule has 0 aliphatic rings. The Hall–Kier alpha value is -0.460. The Morgan fingerprint density at radius 1 is 1.36 bits per heavy atom. The van der Waals surface area contributed by atoms with Crippen molar-refractivity contribution in [3.63, 3.8) is 0 Å². The van der Waals surface area contributed by atoms with Gasteiger partial charge in [-0.15, -0.1) is 0 Å². The number of ether oxygens (including phenoxy) is 1. The summed E-state index contributed by atoms with van der Waals surface area (Å²) in [5.74, 6) is 0. The Kier molecular flexibility index (Phi) is 4.24. The largest absolute Gasteiger partial charge is 0.501 e. The summed E-state index contributed by atoms with van der Waals surface area (Å²) in [6.07, 6.45) is 2.94. The zero-order valence-electron chi connectivity index (χ0n) is 8.40. The fourth-order valence-corrected chi connectivity index (χ4v) is 0.517. The van der Waals surface area contributed by atoms with Crippen LogP contribution in [0.4, 0.5) is 0 Å². The number of rotatable bonds is 3. The van der Waals surface area contributed by atoms with Gasteiger partial charge in [0.05, 0.1) is 12.9 Å². The van der Waals surface area contributed by atoms with Crippen LogP contribution in [0.3, 0.4) is 0 Å². The third-order valence-electron chi connectivity index (χ3n) is 1.36. The fraction of sp³-hybridized carbons (Fsp3) is 0.800. The van der Waals surface area contributed by atoms with Crippen molar-refractivity contribution in [1.82, 2.24) is 0 Å². The second-order valence-corrected chi connectivity index (χ2v) is 4.19. The SMILES string of the molecule is CC/C(C)=C/OCC(C)(C)C. The van der Waals surface area contributed by atoms with E-state index < -0.39 is 0 Å². The minimum absolute atomic E-state index is 0.268. The lowest BCUT2D eigenvalue weighted by molar-refractivity contribution is 0.150. The topological polar surface area (TPSA) is 9.23 Å². The predicted octanol–water partition coefficient (Wildman–Crippen LogP) is 3.36. The van der Waals surface area contributed by atoms with Crippen LogP contribution in [-0.4, -0.2) is 6.61 Å². The summed E-state index contributed by atoms with van der Waals surface area (Å²) in [4.78, 5) is 0. The van der Waals surface area contributed by atoms with E-state index in [4.69, 9.17) is 4.74 Å². The van der Waals surface area contributed by atoms with Gasteiger partial charge in [0.1, 0.15) is 0 Å². The predicted molar refractivity (Wildman–Crippen MR) is 49.5 cm³/mol. The van der Waals surface area contributed by atoms with Crippen molar-refractivity contribution in [3.05, 3.63) is 11.8 Å². The molecule has 0 saturated carbocycles. The molecule has 0 aromatic carbocycles. The van der Waals surface area contributed by atoms with Crippen LogP contribution in [0, 0.1) is 5.41 Å². The maximum absolute atomic E-state index is 5.39. The molecular formula is C10H20O. The Morgan fingerprint density at radius 3 is 2.27 bits per heavy atom. The van der Waals surface area contributed by atoms with E-state index >= 15 is 0 Å². The van der Waals surface area contributed by atoms with E-state index in [1.165, 1.54) is 5.57 Å². The molecule has 0 spiro atoms. The molecule has 0 unspecified atom stereocenters. The first-order chi connectivity index (χ1) is 4.95. The van der Waals surface area contributed by atoms with Gasteiger partial charge in [0.2, 0.25) is 0 Å². The van der Waals surface area contributed by atoms with E-state index in [9.17, 15) is 0 Å². The molecule has 0 fully saturated rings. The van der Waals surface area contributed by atoms with E-state index in [1.54, 1.807) is 0 Å². The van der Waals surface area contributed by atoms with Gasteiger partial charge in [0.15, 0.2) is 0 Å². The van der Waals surface area contributed by atoms with Crippen LogP contribution < -0.4 is 0 Å². The van der Waals surface area contributed by atoms with Gasteiger partial charge in [-0.3, -0.25) is 0 Å². The highest BCUT2D eigenvalue weighted by molar-refractivity contribution is 4.91. The van der Waals surface area contributed by atoms with Gasteiger partial charge < -0.3 is 4.74 Å². The molecule has 0 radical (unpaired) electrons. The van der Waals surface area contributed by atoms with Crippen molar-refractivity contribution in [2.75, 3.05) is 6.61 Å². The molecule has 0 bridgehead atoms. The normalized spacial score (nSPS) is 13.4. The van der Waals surface area contributed by atoms with Gasteiger partial charge in [-0.2, -0.15) is 0 Å². The van der Waals surface area contributed by atoms with Gasteiger partial charge >= 0.3 is 0 Å². The summed E-state index contributed by atoms with van der Waals surface area (Å²) >= 11 is 0. The van der Waals surface area contributed by atoms with Gasteiger partial charge in [-0.25, -0.2) is 0 Å². The minimum atomic E-state index is 0.268. The number of allylic oxidation sites excluding steroid dienone is 1. The molecule has 11 heavy (non-hydrogen) atoms. The number of hydrogen-bond acceptors (Lipinski definition) is 1. The Balaban J connectivity index is 3.57. The van der Waals surface area contributed by atoms with E-state index in [0.717, 1.165) is 13.0 Å². The number of hydrogen-bond donors (Lipinski definition) is 0. The molecule has 0 saturated heterocycles. The maximum Gasteiger partial charge on any atom is 0.0921 e. The lowest BCUT2D eigenvalue weighted by Crippen LogP contribution is -2.12. The molecule has 0 aromatic rings. The van der Waals surface area contributed by atoms with E-state index in [-0.39, 0.29) is 5.41 Å². The lowest BCUT2D eigenvalue weighted by Gasteiger charge is -2.17. The quantitative estimate of drug-likeness (QED) is 0.569. The smallest absolute Gasteiger partial charge is 0.0921 e. The van der Waals surface area contributed by atoms with E-state index in [0.29, 0.717) is 0 Å². The molecule has 66 valence electrons. The summed E-state index contributed by atoms with van der Waals surface area (Å²) in [7, 11) is 0. The van der Waals surface area contributed by atoms with E-state index in [1.807, 2.05) is 6.26 Å². The van der Waals surface area contributed by atoms with Crippen LogP contribution in [0.1, 0.15) is 41.0 Å². The minimum Gasteiger partial charge on any atom is -0.501 e. The summed E-state index contributed by atoms with van der Waals surface area (Å²) < 4.78 is 5.39. The first kappa shape index (κ1) is 10.5. The molecule has 0 heterocycles. The summed E-state index contributed by atoms with van der Waals surface area (Å²) in [6, 6.07) is 0. The lowest BCUT2D eigenvalue weighted by atomic mass is 9.99. The monoisotopic (exact) mass is 156 g/mol. The first-order valence-electron chi connectivity index (χ1n) is 4.23. The molecule has 0 atom stereocenters. The van der Waals surface area contributed by atoms with Crippen molar-refractivity contribution >= 4 is 0 Å². The van der Waals surface area contributed by atoms with Crippen LogP contribution in [0.25, 0.3) is 0 Å². The Morgan fingerprint density at radius 2 is 1.91 bits per heavy atom. The fourth-order valence-electron chi connectivity index (χ4n) is 0.517. The van der Waals surface area contributed by atoms with Crippen molar-refractivity contribution < 1.29 is 4.74 Å². The van der Waals surface area contributed by atoms with Crippen LogP contribution in [0.5, 0.6) is 0 Å². The molecular weight excluding hydrogens is 136 g/mol. The van der Waals surface area contributed by atoms with Crippen molar-refractivity contribution in [2.24, 2.45) is 5.41 Å². The highest BCUT2D eigenvalue weighted by Gasteiger charge is 2.08. The highest BCUT2D eigenvalue weighted by atomic mass is 16.5. The standard InChI is InChI=1S/C10H20O/c1-6-9(2)7-11-8-10(3,4)5/h7H,6,8H2,1-5H3/b9-7+. The highest BCUT2D eigenvalue weighted by Crippen LogP contribution is 2.13. The molecule has 0 rings (SSSR count). The van der Waals surface area contributed by atoms with Crippen LogP contribution in [0.2, 0.25) is 0 Å². The summed E-state index contributed by atoms with van der Waals surface area (Å²) in [5.41, 5.74) is 1.57. The Bertz CT molecular complexity index is 128. The molecule has 1 nitrogen and oxygen atoms in total. The van der Waals surface area contributed by atoms with Crippen molar-refractivity contribution in [3.8, 4) is 0 Å². The first-order valence-corrected chi connectivity index (χ1v) is 4.23. The average molecular weight is 156 g/mol. The Labute approximate surface area is 70.4 Å². The second-order valence-electron chi connectivity index (χ2n) is 4.19. The molecule has 1 heteroatoms. The molecule has 0 aliphatic heterocycles. The maximum atomic E-state index is 5.39. The third kappa shape index (κ3) is 7.44. The van der Waals surface area contributed by atoms with Crippen LogP contribution >= 0.6 is 0 Å². The molecule has 0 N–H and O–H groups in total. The molecule has 0 amide bonds. The molecule has 0 aromatic heterocycles. The zero-order valence-corrected chi connectivity index (χ0v) is 8.40. The second kappa shape index (κ2) is 4.42. The third-order valence-corrected chi connectivity index (χ3v) is 1.36. The van der Waals surface area contributed by atoms with Crippen LogP contribution in [0.15, 0.2) is 11.8 Å². The summed E-state index contributed by atoms with van der Waals surface area (Å²) in [5, 5.41) is 0.